The van der Waals surface area contributed by atoms with Gasteiger partial charge in [-0.15, -0.1) is 24.0 Å². The van der Waals surface area contributed by atoms with E-state index in [1.165, 1.54) is 31.4 Å². The van der Waals surface area contributed by atoms with Crippen LogP contribution in [0, 0.1) is 11.8 Å². The Morgan fingerprint density at radius 3 is 2.61 bits per heavy atom. The Labute approximate surface area is 217 Å². The van der Waals surface area contributed by atoms with Gasteiger partial charge in [-0.25, -0.2) is 0 Å². The Bertz CT molecular complexity index is 752. The molecule has 33 heavy (non-hydrogen) atoms. The molecule has 7 heteroatoms. The summed E-state index contributed by atoms with van der Waals surface area (Å²) in [5, 5.41) is 7.02. The van der Waals surface area contributed by atoms with E-state index < -0.39 is 0 Å². The highest BCUT2D eigenvalue weighted by molar-refractivity contribution is 14.0. The number of hydrogen-bond donors (Lipinski definition) is 2. The number of carbonyl (C=O) groups is 1. The van der Waals surface area contributed by atoms with E-state index in [1.54, 1.807) is 0 Å². The number of likely N-dealkylation sites (tertiary alicyclic amines) is 2. The van der Waals surface area contributed by atoms with Gasteiger partial charge in [0.2, 0.25) is 5.91 Å². The van der Waals surface area contributed by atoms with Gasteiger partial charge >= 0.3 is 0 Å². The van der Waals surface area contributed by atoms with Crippen LogP contribution in [0.4, 0.5) is 0 Å². The van der Waals surface area contributed by atoms with Crippen LogP contribution < -0.4 is 10.6 Å². The number of amides is 1. The molecule has 4 rings (SSSR count). The largest absolute Gasteiger partial charge is 0.357 e. The van der Waals surface area contributed by atoms with Crippen LogP contribution in [0.5, 0.6) is 0 Å². The standard InChI is InChI=1S/C26H41N5O.HI/c1-2-27-26(29-24-14-17-31(20-24)25(32)23-10-6-7-11-23)28-18-22-13-16-30(19-22)15-12-21-8-4-3-5-9-21;/h3-5,8-9,22-24H,2,6-7,10-20H2,1H3,(H2,27,28,29);1H. The summed E-state index contributed by atoms with van der Waals surface area (Å²) >= 11 is 0. The first-order valence-corrected chi connectivity index (χ1v) is 12.8. The van der Waals surface area contributed by atoms with E-state index >= 15 is 0 Å². The summed E-state index contributed by atoms with van der Waals surface area (Å²) in [5.41, 5.74) is 1.42. The molecule has 1 aromatic rings. The molecule has 1 saturated carbocycles. The molecular weight excluding hydrogens is 525 g/mol. The highest BCUT2D eigenvalue weighted by Crippen LogP contribution is 2.27. The third-order valence-electron chi connectivity index (χ3n) is 7.33. The molecule has 2 N–H and O–H groups in total. The van der Waals surface area contributed by atoms with Crippen LogP contribution in [0.1, 0.15) is 51.0 Å². The number of nitrogens with one attached hydrogen (secondary N) is 2. The van der Waals surface area contributed by atoms with Crippen LogP contribution >= 0.6 is 24.0 Å². The highest BCUT2D eigenvalue weighted by Gasteiger charge is 2.32. The number of halogens is 1. The van der Waals surface area contributed by atoms with Gasteiger partial charge in [-0.2, -0.15) is 0 Å². The Balaban J connectivity index is 0.00000306. The number of hydrogen-bond acceptors (Lipinski definition) is 3. The van der Waals surface area contributed by atoms with Gasteiger partial charge in [0, 0.05) is 51.2 Å². The topological polar surface area (TPSA) is 60.0 Å². The average molecular weight is 568 g/mol. The van der Waals surface area contributed by atoms with Crippen LogP contribution in [0.15, 0.2) is 35.3 Å². The predicted molar refractivity (Wildman–Crippen MR) is 146 cm³/mol. The van der Waals surface area contributed by atoms with Crippen LogP contribution in [0.2, 0.25) is 0 Å². The summed E-state index contributed by atoms with van der Waals surface area (Å²) < 4.78 is 0. The number of benzene rings is 1. The van der Waals surface area contributed by atoms with Gasteiger partial charge in [0.05, 0.1) is 0 Å². The molecule has 6 nitrogen and oxygen atoms in total. The molecule has 1 amide bonds. The Morgan fingerprint density at radius 1 is 1.06 bits per heavy atom. The summed E-state index contributed by atoms with van der Waals surface area (Å²) in [6, 6.07) is 11.1. The molecule has 0 bridgehead atoms. The van der Waals surface area contributed by atoms with Crippen molar-refractivity contribution in [2.45, 2.75) is 57.9 Å². The Kier molecular flexibility index (Phi) is 10.8. The summed E-state index contributed by atoms with van der Waals surface area (Å²) in [7, 11) is 0. The van der Waals surface area contributed by atoms with Gasteiger partial charge in [0.1, 0.15) is 0 Å². The minimum Gasteiger partial charge on any atom is -0.357 e. The number of aliphatic imine (C=N–C) groups is 1. The zero-order chi connectivity index (χ0) is 22.2. The van der Waals surface area contributed by atoms with Crippen molar-refractivity contribution in [3.8, 4) is 0 Å². The third kappa shape index (κ3) is 7.84. The summed E-state index contributed by atoms with van der Waals surface area (Å²) in [5.74, 6) is 2.21. The van der Waals surface area contributed by atoms with E-state index in [0.717, 1.165) is 70.9 Å². The van der Waals surface area contributed by atoms with Gasteiger partial charge in [-0.3, -0.25) is 9.79 Å². The molecule has 2 atom stereocenters. The van der Waals surface area contributed by atoms with Crippen molar-refractivity contribution in [2.24, 2.45) is 16.8 Å². The van der Waals surface area contributed by atoms with Crippen LogP contribution in [0.3, 0.4) is 0 Å². The number of guanidine groups is 1. The van der Waals surface area contributed by atoms with Crippen molar-refractivity contribution in [2.75, 3.05) is 45.8 Å². The van der Waals surface area contributed by atoms with Crippen molar-refractivity contribution in [1.82, 2.24) is 20.4 Å². The lowest BCUT2D eigenvalue weighted by atomic mass is 10.1. The molecule has 3 aliphatic rings. The van der Waals surface area contributed by atoms with Crippen LogP contribution in [0.25, 0.3) is 0 Å². The van der Waals surface area contributed by atoms with E-state index in [4.69, 9.17) is 4.99 Å². The van der Waals surface area contributed by atoms with Gasteiger partial charge in [0.25, 0.3) is 0 Å². The number of carbonyl (C=O) groups excluding carboxylic acids is 1. The maximum absolute atomic E-state index is 12.7. The monoisotopic (exact) mass is 567 g/mol. The van der Waals surface area contributed by atoms with E-state index in [2.05, 4.69) is 57.7 Å². The molecule has 1 aromatic carbocycles. The zero-order valence-electron chi connectivity index (χ0n) is 20.2. The third-order valence-corrected chi connectivity index (χ3v) is 7.33. The number of nitrogens with zero attached hydrogens (tertiary/aromatic N) is 3. The maximum Gasteiger partial charge on any atom is 0.225 e. The smallest absolute Gasteiger partial charge is 0.225 e. The van der Waals surface area contributed by atoms with Crippen molar-refractivity contribution in [1.29, 1.82) is 0 Å². The van der Waals surface area contributed by atoms with Crippen molar-refractivity contribution >= 4 is 35.8 Å². The Hall–Kier alpha value is -1.35. The first-order chi connectivity index (χ1) is 15.7. The lowest BCUT2D eigenvalue weighted by molar-refractivity contribution is -0.134. The van der Waals surface area contributed by atoms with E-state index in [1.807, 2.05) is 0 Å². The molecule has 3 fully saturated rings. The van der Waals surface area contributed by atoms with Crippen molar-refractivity contribution < 1.29 is 4.79 Å². The van der Waals surface area contributed by atoms with Crippen molar-refractivity contribution in [3.63, 3.8) is 0 Å². The number of rotatable bonds is 8. The highest BCUT2D eigenvalue weighted by atomic mass is 127. The van der Waals surface area contributed by atoms with E-state index in [0.29, 0.717) is 17.9 Å². The molecule has 0 radical (unpaired) electrons. The summed E-state index contributed by atoms with van der Waals surface area (Å²) in [6.07, 6.45) is 7.97. The molecule has 1 aliphatic carbocycles. The molecule has 184 valence electrons. The lowest BCUT2D eigenvalue weighted by Gasteiger charge is -2.21. The van der Waals surface area contributed by atoms with Gasteiger partial charge in [-0.05, 0) is 57.1 Å². The fourth-order valence-corrected chi connectivity index (χ4v) is 5.44. The first kappa shape index (κ1) is 26.3. The second-order valence-corrected chi connectivity index (χ2v) is 9.81. The van der Waals surface area contributed by atoms with Gasteiger partial charge in [0.15, 0.2) is 5.96 Å². The first-order valence-electron chi connectivity index (χ1n) is 12.8. The van der Waals surface area contributed by atoms with Crippen molar-refractivity contribution in [3.05, 3.63) is 35.9 Å². The molecule has 2 aliphatic heterocycles. The van der Waals surface area contributed by atoms with Gasteiger partial charge < -0.3 is 20.4 Å². The Morgan fingerprint density at radius 2 is 1.85 bits per heavy atom. The SMILES string of the molecule is CCNC(=NCC1CCN(CCc2ccccc2)C1)NC1CCN(C(=O)C2CCCC2)C1.I. The minimum absolute atomic E-state index is 0. The molecule has 0 spiro atoms. The second-order valence-electron chi connectivity index (χ2n) is 9.81. The average Bonchev–Trinajstić information content (AvgIpc) is 3.59. The fraction of sp³-hybridized carbons (Fsp3) is 0.692. The molecular formula is C26H42IN5O. The molecule has 2 heterocycles. The quantitative estimate of drug-likeness (QED) is 0.287. The molecule has 2 unspecified atom stereocenters. The van der Waals surface area contributed by atoms with Crippen LogP contribution in [-0.2, 0) is 11.2 Å². The second kappa shape index (κ2) is 13.5. The molecule has 0 aromatic heterocycles. The zero-order valence-corrected chi connectivity index (χ0v) is 22.5. The molecule has 2 saturated heterocycles. The lowest BCUT2D eigenvalue weighted by Crippen LogP contribution is -2.45. The minimum atomic E-state index is 0. The normalized spacial score (nSPS) is 24.2. The summed E-state index contributed by atoms with van der Waals surface area (Å²) in [6.45, 7) is 8.99. The maximum atomic E-state index is 12.7. The predicted octanol–water partition coefficient (Wildman–Crippen LogP) is 3.52. The van der Waals surface area contributed by atoms with E-state index in [-0.39, 0.29) is 29.9 Å². The fourth-order valence-electron chi connectivity index (χ4n) is 5.44. The van der Waals surface area contributed by atoms with Gasteiger partial charge in [-0.1, -0.05) is 43.2 Å². The van der Waals surface area contributed by atoms with E-state index in [9.17, 15) is 4.79 Å². The van der Waals surface area contributed by atoms with Crippen LogP contribution in [-0.4, -0.2) is 73.5 Å². The summed E-state index contributed by atoms with van der Waals surface area (Å²) in [4.78, 5) is 22.3.